The van der Waals surface area contributed by atoms with Gasteiger partial charge >= 0.3 is 0 Å². The monoisotopic (exact) mass is 388 g/mol. The summed E-state index contributed by atoms with van der Waals surface area (Å²) < 4.78 is 5.94. The summed E-state index contributed by atoms with van der Waals surface area (Å²) in [7, 11) is 1.60. The van der Waals surface area contributed by atoms with Gasteiger partial charge < -0.3 is 15.0 Å². The zero-order valence-electron chi connectivity index (χ0n) is 13.2. The Balaban J connectivity index is 1.69. The van der Waals surface area contributed by atoms with E-state index < -0.39 is 0 Å². The number of anilines is 2. The van der Waals surface area contributed by atoms with Crippen LogP contribution in [-0.2, 0) is 9.59 Å². The number of nitrogens with one attached hydrogen (secondary N) is 1. The Bertz CT molecular complexity index is 761. The topological polar surface area (TPSA) is 58.6 Å². The molecule has 2 amide bonds. The molecule has 0 bridgehead atoms. The van der Waals surface area contributed by atoms with Crippen LogP contribution < -0.4 is 15.0 Å². The van der Waals surface area contributed by atoms with Crippen LogP contribution in [-0.4, -0.2) is 25.5 Å². The zero-order valence-corrected chi connectivity index (χ0v) is 14.7. The molecule has 24 heavy (non-hydrogen) atoms. The summed E-state index contributed by atoms with van der Waals surface area (Å²) in [6.07, 6.45) is 0.211. The molecule has 0 saturated carbocycles. The molecule has 0 aromatic heterocycles. The van der Waals surface area contributed by atoms with E-state index in [0.29, 0.717) is 12.2 Å². The highest BCUT2D eigenvalue weighted by Gasteiger charge is 2.35. The van der Waals surface area contributed by atoms with Gasteiger partial charge in [-0.25, -0.2) is 0 Å². The number of para-hydroxylation sites is 1. The summed E-state index contributed by atoms with van der Waals surface area (Å²) in [6, 6.07) is 14.7. The normalized spacial score (nSPS) is 17.0. The van der Waals surface area contributed by atoms with Gasteiger partial charge in [0.15, 0.2) is 0 Å². The fourth-order valence-corrected chi connectivity index (χ4v) is 3.08. The predicted octanol–water partition coefficient (Wildman–Crippen LogP) is 3.45. The molecule has 0 spiro atoms. The van der Waals surface area contributed by atoms with Gasteiger partial charge in [-0.3, -0.25) is 9.59 Å². The van der Waals surface area contributed by atoms with Crippen molar-refractivity contribution in [2.75, 3.05) is 23.9 Å². The lowest BCUT2D eigenvalue weighted by Gasteiger charge is -2.17. The number of rotatable bonds is 4. The largest absolute Gasteiger partial charge is 0.497 e. The molecule has 2 aromatic carbocycles. The second-order valence-corrected chi connectivity index (χ2v) is 6.43. The third-order valence-electron chi connectivity index (χ3n) is 4.01. The fraction of sp³-hybridized carbons (Fsp3) is 0.222. The summed E-state index contributed by atoms with van der Waals surface area (Å²) in [5.74, 6) is 0.166. The maximum Gasteiger partial charge on any atom is 0.229 e. The molecule has 1 fully saturated rings. The lowest BCUT2D eigenvalue weighted by Crippen LogP contribution is -2.28. The summed E-state index contributed by atoms with van der Waals surface area (Å²) in [5.41, 5.74) is 1.48. The van der Waals surface area contributed by atoms with E-state index >= 15 is 0 Å². The summed E-state index contributed by atoms with van der Waals surface area (Å²) >= 11 is 3.40. The molecule has 0 unspecified atom stereocenters. The highest BCUT2D eigenvalue weighted by molar-refractivity contribution is 9.10. The first-order valence-electron chi connectivity index (χ1n) is 7.58. The van der Waals surface area contributed by atoms with Crippen molar-refractivity contribution in [3.63, 3.8) is 0 Å². The van der Waals surface area contributed by atoms with E-state index in [1.807, 2.05) is 36.4 Å². The Morgan fingerprint density at radius 3 is 2.58 bits per heavy atom. The molecule has 1 atom stereocenters. The predicted molar refractivity (Wildman–Crippen MR) is 96.2 cm³/mol. The molecule has 1 saturated heterocycles. The Morgan fingerprint density at radius 1 is 1.21 bits per heavy atom. The number of hydrogen-bond acceptors (Lipinski definition) is 3. The van der Waals surface area contributed by atoms with Crippen LogP contribution in [0, 0.1) is 5.92 Å². The maximum atomic E-state index is 12.5. The van der Waals surface area contributed by atoms with E-state index in [4.69, 9.17) is 4.74 Å². The molecular formula is C18H17BrN2O3. The Hall–Kier alpha value is -2.34. The maximum absolute atomic E-state index is 12.5. The SMILES string of the molecule is COc1ccc(N2C[C@@H](C(=O)Nc3ccccc3Br)CC2=O)cc1. The number of methoxy groups -OCH3 is 1. The molecular weight excluding hydrogens is 372 g/mol. The number of benzene rings is 2. The van der Waals surface area contributed by atoms with E-state index in [9.17, 15) is 9.59 Å². The molecule has 1 heterocycles. The van der Waals surface area contributed by atoms with Crippen molar-refractivity contribution in [3.05, 3.63) is 53.0 Å². The minimum atomic E-state index is -0.369. The molecule has 1 N–H and O–H groups in total. The van der Waals surface area contributed by atoms with E-state index in [1.165, 1.54) is 0 Å². The van der Waals surface area contributed by atoms with Crippen LogP contribution in [0.3, 0.4) is 0 Å². The lowest BCUT2D eigenvalue weighted by molar-refractivity contribution is -0.122. The molecule has 3 rings (SSSR count). The van der Waals surface area contributed by atoms with Crippen LogP contribution in [0.15, 0.2) is 53.0 Å². The van der Waals surface area contributed by atoms with Crippen molar-refractivity contribution < 1.29 is 14.3 Å². The highest BCUT2D eigenvalue weighted by Crippen LogP contribution is 2.28. The molecule has 124 valence electrons. The summed E-state index contributed by atoms with van der Waals surface area (Å²) in [4.78, 5) is 26.4. The summed E-state index contributed by atoms with van der Waals surface area (Å²) in [5, 5.41) is 2.88. The van der Waals surface area contributed by atoms with Gasteiger partial charge in [0.2, 0.25) is 11.8 Å². The van der Waals surface area contributed by atoms with Gasteiger partial charge in [-0.1, -0.05) is 12.1 Å². The first-order valence-corrected chi connectivity index (χ1v) is 8.37. The molecule has 1 aliphatic heterocycles. The van der Waals surface area contributed by atoms with Gasteiger partial charge in [0.1, 0.15) is 5.75 Å². The molecule has 1 aliphatic rings. The molecule has 2 aromatic rings. The molecule has 0 aliphatic carbocycles. The third-order valence-corrected chi connectivity index (χ3v) is 4.70. The number of carbonyl (C=O) groups is 2. The van der Waals surface area contributed by atoms with Crippen LogP contribution in [0.25, 0.3) is 0 Å². The van der Waals surface area contributed by atoms with E-state index in [0.717, 1.165) is 15.9 Å². The van der Waals surface area contributed by atoms with E-state index in [1.54, 1.807) is 24.1 Å². The number of halogens is 1. The van der Waals surface area contributed by atoms with Crippen LogP contribution in [0.2, 0.25) is 0 Å². The average molecular weight is 389 g/mol. The lowest BCUT2D eigenvalue weighted by atomic mass is 10.1. The van der Waals surface area contributed by atoms with Crippen molar-refractivity contribution in [1.82, 2.24) is 0 Å². The zero-order chi connectivity index (χ0) is 17.1. The number of hydrogen-bond donors (Lipinski definition) is 1. The Morgan fingerprint density at radius 2 is 1.92 bits per heavy atom. The number of nitrogens with zero attached hydrogens (tertiary/aromatic N) is 1. The highest BCUT2D eigenvalue weighted by atomic mass is 79.9. The van der Waals surface area contributed by atoms with E-state index in [-0.39, 0.29) is 24.2 Å². The van der Waals surface area contributed by atoms with Crippen molar-refractivity contribution >= 4 is 39.1 Å². The molecule has 0 radical (unpaired) electrons. The third kappa shape index (κ3) is 3.43. The number of carbonyl (C=O) groups excluding carboxylic acids is 2. The van der Waals surface area contributed by atoms with Gasteiger partial charge in [0.25, 0.3) is 0 Å². The van der Waals surface area contributed by atoms with Crippen molar-refractivity contribution in [1.29, 1.82) is 0 Å². The van der Waals surface area contributed by atoms with Crippen LogP contribution in [0.5, 0.6) is 5.75 Å². The first-order chi connectivity index (χ1) is 11.6. The quantitative estimate of drug-likeness (QED) is 0.872. The minimum Gasteiger partial charge on any atom is -0.497 e. The second kappa shape index (κ2) is 7.05. The Kier molecular flexibility index (Phi) is 4.85. The van der Waals surface area contributed by atoms with E-state index in [2.05, 4.69) is 21.2 Å². The van der Waals surface area contributed by atoms with Gasteiger partial charge in [-0.2, -0.15) is 0 Å². The standard InChI is InChI=1S/C18H17BrN2O3/c1-24-14-8-6-13(7-9-14)21-11-12(10-17(21)22)18(23)20-16-5-3-2-4-15(16)19/h2-9,12H,10-11H2,1H3,(H,20,23)/t12-/m0/s1. The van der Waals surface area contributed by atoms with Gasteiger partial charge in [0, 0.05) is 23.1 Å². The fourth-order valence-electron chi connectivity index (χ4n) is 2.69. The van der Waals surface area contributed by atoms with Crippen molar-refractivity contribution in [3.8, 4) is 5.75 Å². The van der Waals surface area contributed by atoms with Crippen molar-refractivity contribution in [2.24, 2.45) is 5.92 Å². The first kappa shape index (κ1) is 16.5. The van der Waals surface area contributed by atoms with Gasteiger partial charge in [-0.05, 0) is 52.3 Å². The van der Waals surface area contributed by atoms with Crippen molar-refractivity contribution in [2.45, 2.75) is 6.42 Å². The van der Waals surface area contributed by atoms with Crippen LogP contribution in [0.1, 0.15) is 6.42 Å². The summed E-state index contributed by atoms with van der Waals surface area (Å²) in [6.45, 7) is 0.376. The minimum absolute atomic E-state index is 0.0487. The number of amides is 2. The van der Waals surface area contributed by atoms with Crippen LogP contribution in [0.4, 0.5) is 11.4 Å². The van der Waals surface area contributed by atoms with Gasteiger partial charge in [-0.15, -0.1) is 0 Å². The molecule has 6 heteroatoms. The molecule has 5 nitrogen and oxygen atoms in total. The number of ether oxygens (including phenoxy) is 1. The smallest absolute Gasteiger partial charge is 0.229 e. The Labute approximate surface area is 148 Å². The van der Waals surface area contributed by atoms with Crippen LogP contribution >= 0.6 is 15.9 Å². The second-order valence-electron chi connectivity index (χ2n) is 5.57. The van der Waals surface area contributed by atoms with Gasteiger partial charge in [0.05, 0.1) is 18.7 Å². The average Bonchev–Trinajstić information content (AvgIpc) is 2.99.